The van der Waals surface area contributed by atoms with Gasteiger partial charge in [-0.05, 0) is 53.0 Å². The van der Waals surface area contributed by atoms with Crippen LogP contribution in [-0.4, -0.2) is 78.2 Å². The predicted octanol–water partition coefficient (Wildman–Crippen LogP) is 5.37. The van der Waals surface area contributed by atoms with E-state index in [-0.39, 0.29) is 46.4 Å². The third kappa shape index (κ3) is 8.50. The van der Waals surface area contributed by atoms with Crippen molar-refractivity contribution >= 4 is 20.4 Å². The number of aromatic nitrogens is 3. The molecule has 1 unspecified atom stereocenters. The minimum absolute atomic E-state index is 0.0158. The minimum Gasteiger partial charge on any atom is -0.476 e. The van der Waals surface area contributed by atoms with Gasteiger partial charge in [0.1, 0.15) is 29.9 Å². The van der Waals surface area contributed by atoms with E-state index in [4.69, 9.17) is 22.4 Å². The molecule has 3 heterocycles. The van der Waals surface area contributed by atoms with Crippen LogP contribution < -0.4 is 5.32 Å². The standard InChI is InChI=1S/C27H41N5O8Si/c1-26(2,3)40-25(35)30-17(15-38-41(9,10)27(4,5)6)21-28-16(13-36-21)22-31-20(19(39-22)11-12-32(7)8)23-29-18(14-37-23)24(33)34/h13-14,17H,11-12,15H2,1-10H3,(H,30,35)(H,33,34). The summed E-state index contributed by atoms with van der Waals surface area (Å²) in [7, 11) is 1.65. The third-order valence-corrected chi connectivity index (χ3v) is 11.1. The molecule has 13 nitrogen and oxygen atoms in total. The molecule has 0 aliphatic carbocycles. The predicted molar refractivity (Wildman–Crippen MR) is 152 cm³/mol. The second kappa shape index (κ2) is 12.2. The molecule has 3 aromatic rings. The van der Waals surface area contributed by atoms with E-state index in [1.165, 1.54) is 6.26 Å². The van der Waals surface area contributed by atoms with Gasteiger partial charge in [0.2, 0.25) is 17.7 Å². The lowest BCUT2D eigenvalue weighted by Gasteiger charge is -2.37. The van der Waals surface area contributed by atoms with E-state index in [1.807, 2.05) is 19.0 Å². The summed E-state index contributed by atoms with van der Waals surface area (Å²) in [5.74, 6) is -0.449. The van der Waals surface area contributed by atoms with E-state index >= 15 is 0 Å². The molecular formula is C27H41N5O8Si. The van der Waals surface area contributed by atoms with Crippen molar-refractivity contribution in [2.75, 3.05) is 27.2 Å². The van der Waals surface area contributed by atoms with Crippen molar-refractivity contribution in [1.29, 1.82) is 0 Å². The van der Waals surface area contributed by atoms with Gasteiger partial charge in [0.25, 0.3) is 0 Å². The summed E-state index contributed by atoms with van der Waals surface area (Å²) in [4.78, 5) is 39.0. The molecule has 0 saturated heterocycles. The first kappa shape index (κ1) is 32.0. The molecule has 0 radical (unpaired) electrons. The number of hydrogen-bond donors (Lipinski definition) is 2. The van der Waals surface area contributed by atoms with Gasteiger partial charge >= 0.3 is 12.1 Å². The van der Waals surface area contributed by atoms with E-state index in [0.717, 1.165) is 6.26 Å². The van der Waals surface area contributed by atoms with Gasteiger partial charge in [-0.1, -0.05) is 20.8 Å². The number of nitrogens with one attached hydrogen (secondary N) is 1. The van der Waals surface area contributed by atoms with Crippen molar-refractivity contribution < 1.29 is 37.1 Å². The number of likely N-dealkylation sites (N-methyl/N-ethyl adjacent to an activating group) is 1. The highest BCUT2D eigenvalue weighted by Gasteiger charge is 2.38. The van der Waals surface area contributed by atoms with Crippen LogP contribution in [0.5, 0.6) is 0 Å². The highest BCUT2D eigenvalue weighted by atomic mass is 28.4. The molecule has 0 fully saturated rings. The molecule has 3 aromatic heterocycles. The topological polar surface area (TPSA) is 166 Å². The Morgan fingerprint density at radius 1 is 1.05 bits per heavy atom. The Labute approximate surface area is 240 Å². The number of carbonyl (C=O) groups excluding carboxylic acids is 1. The molecule has 226 valence electrons. The Kier molecular flexibility index (Phi) is 9.50. The molecule has 0 aliphatic rings. The summed E-state index contributed by atoms with van der Waals surface area (Å²) in [6.07, 6.45) is 2.23. The first-order valence-corrected chi connectivity index (χ1v) is 16.2. The Morgan fingerprint density at radius 2 is 1.73 bits per heavy atom. The molecular weight excluding hydrogens is 550 g/mol. The first-order valence-electron chi connectivity index (χ1n) is 13.3. The SMILES string of the molecule is CN(C)CCc1oc(-c2coc(C(CO[Si](C)(C)C(C)(C)C)NC(=O)OC(C)(C)C)n2)nc1-c1nc(C(=O)O)co1. The van der Waals surface area contributed by atoms with Gasteiger partial charge in [0, 0.05) is 13.0 Å². The number of alkyl carbamates (subject to hydrolysis) is 1. The van der Waals surface area contributed by atoms with Gasteiger partial charge in [-0.2, -0.15) is 0 Å². The summed E-state index contributed by atoms with van der Waals surface area (Å²) in [5, 5.41) is 12.0. The lowest BCUT2D eigenvalue weighted by atomic mass is 10.2. The lowest BCUT2D eigenvalue weighted by molar-refractivity contribution is 0.0472. The van der Waals surface area contributed by atoms with Gasteiger partial charge in [0.15, 0.2) is 25.4 Å². The van der Waals surface area contributed by atoms with Crippen LogP contribution in [0, 0.1) is 0 Å². The number of rotatable bonds is 11. The first-order chi connectivity index (χ1) is 18.9. The Hall–Kier alpha value is -3.49. The second-order valence-electron chi connectivity index (χ2n) is 12.5. The van der Waals surface area contributed by atoms with Crippen LogP contribution in [0.2, 0.25) is 18.1 Å². The van der Waals surface area contributed by atoms with Crippen molar-refractivity contribution in [3.8, 4) is 23.2 Å². The number of oxazole rings is 3. The smallest absolute Gasteiger partial charge is 0.408 e. The lowest BCUT2D eigenvalue weighted by Crippen LogP contribution is -2.44. The fourth-order valence-corrected chi connectivity index (χ4v) is 4.30. The fraction of sp³-hybridized carbons (Fsp3) is 0.593. The van der Waals surface area contributed by atoms with Gasteiger partial charge in [-0.15, -0.1) is 0 Å². The van der Waals surface area contributed by atoms with Crippen LogP contribution in [0.25, 0.3) is 23.2 Å². The number of aromatic carboxylic acids is 1. The number of hydrogen-bond acceptors (Lipinski definition) is 11. The van der Waals surface area contributed by atoms with Crippen molar-refractivity contribution in [2.45, 2.75) is 77.7 Å². The van der Waals surface area contributed by atoms with Gasteiger partial charge < -0.3 is 37.7 Å². The van der Waals surface area contributed by atoms with Crippen LogP contribution in [0.15, 0.2) is 25.8 Å². The Balaban J connectivity index is 1.94. The van der Waals surface area contributed by atoms with Gasteiger partial charge in [-0.25, -0.2) is 24.5 Å². The molecule has 1 atom stereocenters. The molecule has 1 amide bonds. The minimum atomic E-state index is -2.18. The molecule has 14 heteroatoms. The molecule has 0 saturated carbocycles. The third-order valence-electron chi connectivity index (χ3n) is 6.56. The summed E-state index contributed by atoms with van der Waals surface area (Å²) in [6.45, 7) is 16.7. The Bertz CT molecular complexity index is 1350. The van der Waals surface area contributed by atoms with E-state index in [9.17, 15) is 14.7 Å². The highest BCUT2D eigenvalue weighted by Crippen LogP contribution is 2.37. The average molecular weight is 592 g/mol. The summed E-state index contributed by atoms with van der Waals surface area (Å²) in [5.41, 5.74) is -0.409. The Morgan fingerprint density at radius 3 is 2.29 bits per heavy atom. The van der Waals surface area contributed by atoms with Crippen LogP contribution in [0.3, 0.4) is 0 Å². The molecule has 0 spiro atoms. The number of carbonyl (C=O) groups is 2. The average Bonchev–Trinajstić information content (AvgIpc) is 3.57. The van der Waals surface area contributed by atoms with Crippen molar-refractivity contribution in [1.82, 2.24) is 25.2 Å². The van der Waals surface area contributed by atoms with E-state index in [1.54, 1.807) is 20.8 Å². The zero-order valence-corrected chi connectivity index (χ0v) is 26.4. The monoisotopic (exact) mass is 591 g/mol. The van der Waals surface area contributed by atoms with Crippen molar-refractivity contribution in [3.63, 3.8) is 0 Å². The normalized spacial score (nSPS) is 13.4. The second-order valence-corrected chi connectivity index (χ2v) is 17.3. The number of carboxylic acid groups (broad SMARTS) is 1. The quantitative estimate of drug-likeness (QED) is 0.274. The summed E-state index contributed by atoms with van der Waals surface area (Å²) >= 11 is 0. The molecule has 0 aromatic carbocycles. The highest BCUT2D eigenvalue weighted by molar-refractivity contribution is 6.74. The van der Waals surface area contributed by atoms with E-state index in [2.05, 4.69) is 54.1 Å². The molecule has 0 aliphatic heterocycles. The number of carboxylic acids is 1. The zero-order valence-electron chi connectivity index (χ0n) is 25.4. The summed E-state index contributed by atoms with van der Waals surface area (Å²) < 4.78 is 29.0. The molecule has 41 heavy (non-hydrogen) atoms. The maximum absolute atomic E-state index is 12.7. The van der Waals surface area contributed by atoms with Crippen molar-refractivity contribution in [3.05, 3.63) is 29.9 Å². The van der Waals surface area contributed by atoms with Crippen LogP contribution in [0.4, 0.5) is 4.79 Å². The molecule has 2 N–H and O–H groups in total. The van der Waals surface area contributed by atoms with E-state index in [0.29, 0.717) is 18.7 Å². The number of ether oxygens (including phenoxy) is 1. The van der Waals surface area contributed by atoms with Crippen LogP contribution in [0.1, 0.15) is 69.7 Å². The molecule has 3 rings (SSSR count). The largest absolute Gasteiger partial charge is 0.476 e. The maximum Gasteiger partial charge on any atom is 0.408 e. The fourth-order valence-electron chi connectivity index (χ4n) is 3.28. The maximum atomic E-state index is 12.7. The van der Waals surface area contributed by atoms with E-state index < -0.39 is 32.0 Å². The van der Waals surface area contributed by atoms with Gasteiger partial charge in [-0.3, -0.25) is 0 Å². The van der Waals surface area contributed by atoms with Crippen LogP contribution in [-0.2, 0) is 15.6 Å². The summed E-state index contributed by atoms with van der Waals surface area (Å²) in [6, 6.07) is -0.750. The van der Waals surface area contributed by atoms with Crippen LogP contribution >= 0.6 is 0 Å². The number of nitrogens with zero attached hydrogens (tertiary/aromatic N) is 4. The van der Waals surface area contributed by atoms with Crippen molar-refractivity contribution in [2.24, 2.45) is 0 Å². The molecule has 0 bridgehead atoms. The van der Waals surface area contributed by atoms with Gasteiger partial charge in [0.05, 0.1) is 6.61 Å². The number of amides is 1. The zero-order chi connectivity index (χ0) is 30.8.